The third-order valence-corrected chi connectivity index (χ3v) is 4.35. The van der Waals surface area contributed by atoms with Gasteiger partial charge in [-0.2, -0.15) is 13.2 Å². The van der Waals surface area contributed by atoms with Crippen LogP contribution in [-0.4, -0.2) is 34.0 Å². The summed E-state index contributed by atoms with van der Waals surface area (Å²) in [5, 5.41) is 3.27. The van der Waals surface area contributed by atoms with Gasteiger partial charge in [-0.15, -0.1) is 0 Å². The molecule has 1 unspecified atom stereocenters. The Bertz CT molecular complexity index is 733. The number of nitrogens with one attached hydrogen (secondary N) is 1. The Kier molecular flexibility index (Phi) is 5.10. The average molecular weight is 375 g/mol. The third-order valence-electron chi connectivity index (χ3n) is 4.00. The average Bonchev–Trinajstić information content (AvgIpc) is 2.98. The van der Waals surface area contributed by atoms with Crippen LogP contribution in [0.5, 0.6) is 0 Å². The summed E-state index contributed by atoms with van der Waals surface area (Å²) in [6.07, 6.45) is -2.75. The zero-order chi connectivity index (χ0) is 18.0. The lowest BCUT2D eigenvalue weighted by molar-refractivity contribution is -0.141. The first kappa shape index (κ1) is 17.9. The number of anilines is 1. The van der Waals surface area contributed by atoms with Crippen LogP contribution in [0.3, 0.4) is 0 Å². The van der Waals surface area contributed by atoms with Crippen LogP contribution < -0.4 is 5.32 Å². The Morgan fingerprint density at radius 1 is 1.28 bits per heavy atom. The number of rotatable bonds is 4. The maximum atomic E-state index is 13.9. The molecule has 4 nitrogen and oxygen atoms in total. The highest BCUT2D eigenvalue weighted by Crippen LogP contribution is 2.28. The van der Waals surface area contributed by atoms with Gasteiger partial charge >= 0.3 is 6.18 Å². The molecule has 3 rings (SSSR count). The number of benzene rings is 1. The van der Waals surface area contributed by atoms with Gasteiger partial charge in [0.2, 0.25) is 5.95 Å². The number of aromatic nitrogens is 2. The Hall–Kier alpha value is -1.93. The van der Waals surface area contributed by atoms with Gasteiger partial charge < -0.3 is 5.32 Å². The molecule has 2 heterocycles. The van der Waals surface area contributed by atoms with Gasteiger partial charge in [-0.25, -0.2) is 14.4 Å². The molecule has 25 heavy (non-hydrogen) atoms. The van der Waals surface area contributed by atoms with Crippen LogP contribution in [0, 0.1) is 5.82 Å². The van der Waals surface area contributed by atoms with E-state index in [1.54, 1.807) is 12.1 Å². The first-order valence-corrected chi connectivity index (χ1v) is 8.03. The van der Waals surface area contributed by atoms with E-state index in [9.17, 15) is 17.6 Å². The van der Waals surface area contributed by atoms with E-state index in [0.29, 0.717) is 36.6 Å². The molecular formula is C16H15ClF4N4. The molecule has 0 saturated carbocycles. The highest BCUT2D eigenvalue weighted by atomic mass is 35.5. The number of likely N-dealkylation sites (tertiary alicyclic amines) is 1. The molecule has 0 aliphatic carbocycles. The van der Waals surface area contributed by atoms with Gasteiger partial charge in [-0.05, 0) is 24.6 Å². The molecule has 1 N–H and O–H groups in total. The van der Waals surface area contributed by atoms with E-state index in [1.165, 1.54) is 6.07 Å². The van der Waals surface area contributed by atoms with E-state index < -0.39 is 11.9 Å². The van der Waals surface area contributed by atoms with E-state index in [0.717, 1.165) is 12.3 Å². The van der Waals surface area contributed by atoms with Gasteiger partial charge in [0.1, 0.15) is 11.5 Å². The highest BCUT2D eigenvalue weighted by Gasteiger charge is 2.33. The summed E-state index contributed by atoms with van der Waals surface area (Å²) in [5.74, 6) is -0.435. The maximum Gasteiger partial charge on any atom is 0.433 e. The molecule has 1 aliphatic rings. The smallest absolute Gasteiger partial charge is 0.350 e. The molecule has 134 valence electrons. The molecule has 0 amide bonds. The minimum absolute atomic E-state index is 0.0643. The summed E-state index contributed by atoms with van der Waals surface area (Å²) < 4.78 is 51.9. The van der Waals surface area contributed by atoms with E-state index in [4.69, 9.17) is 11.6 Å². The third kappa shape index (κ3) is 4.38. The van der Waals surface area contributed by atoms with Crippen LogP contribution in [0.1, 0.15) is 17.7 Å². The molecule has 0 bridgehead atoms. The normalized spacial score (nSPS) is 18.5. The largest absolute Gasteiger partial charge is 0.433 e. The van der Waals surface area contributed by atoms with Crippen molar-refractivity contribution >= 4 is 17.5 Å². The molecule has 1 aliphatic heterocycles. The zero-order valence-electron chi connectivity index (χ0n) is 13.0. The predicted molar refractivity (Wildman–Crippen MR) is 85.7 cm³/mol. The maximum absolute atomic E-state index is 13.9. The van der Waals surface area contributed by atoms with Crippen molar-refractivity contribution in [1.82, 2.24) is 14.9 Å². The minimum Gasteiger partial charge on any atom is -0.350 e. The minimum atomic E-state index is -4.51. The van der Waals surface area contributed by atoms with Crippen molar-refractivity contribution in [1.29, 1.82) is 0 Å². The van der Waals surface area contributed by atoms with Gasteiger partial charge in [-0.1, -0.05) is 17.7 Å². The molecular weight excluding hydrogens is 360 g/mol. The molecule has 0 spiro atoms. The summed E-state index contributed by atoms with van der Waals surface area (Å²) in [4.78, 5) is 9.31. The van der Waals surface area contributed by atoms with Crippen molar-refractivity contribution in [2.75, 3.05) is 18.4 Å². The van der Waals surface area contributed by atoms with Crippen molar-refractivity contribution in [2.24, 2.45) is 0 Å². The van der Waals surface area contributed by atoms with Gasteiger partial charge in [0, 0.05) is 42.5 Å². The van der Waals surface area contributed by atoms with Crippen LogP contribution in [0.25, 0.3) is 0 Å². The Labute approximate surface area is 146 Å². The number of hydrogen-bond donors (Lipinski definition) is 1. The number of halogens is 5. The highest BCUT2D eigenvalue weighted by molar-refractivity contribution is 6.31. The summed E-state index contributed by atoms with van der Waals surface area (Å²) in [6, 6.07) is 5.23. The fourth-order valence-electron chi connectivity index (χ4n) is 2.77. The van der Waals surface area contributed by atoms with Crippen molar-refractivity contribution < 1.29 is 17.6 Å². The Morgan fingerprint density at radius 3 is 2.80 bits per heavy atom. The van der Waals surface area contributed by atoms with Crippen LogP contribution in [-0.2, 0) is 12.7 Å². The molecule has 1 fully saturated rings. The quantitative estimate of drug-likeness (QED) is 0.822. The van der Waals surface area contributed by atoms with E-state index in [-0.39, 0.29) is 17.8 Å². The molecule has 2 aromatic rings. The first-order chi connectivity index (χ1) is 11.8. The second-order valence-corrected chi connectivity index (χ2v) is 6.24. The lowest BCUT2D eigenvalue weighted by Gasteiger charge is -2.18. The Balaban J connectivity index is 1.62. The van der Waals surface area contributed by atoms with Gasteiger partial charge in [0.15, 0.2) is 0 Å². The first-order valence-electron chi connectivity index (χ1n) is 7.65. The molecule has 0 radical (unpaired) electrons. The second-order valence-electron chi connectivity index (χ2n) is 5.83. The van der Waals surface area contributed by atoms with Crippen molar-refractivity contribution in [3.8, 4) is 0 Å². The van der Waals surface area contributed by atoms with E-state index in [2.05, 4.69) is 15.3 Å². The fourth-order valence-corrected chi connectivity index (χ4v) is 2.99. The van der Waals surface area contributed by atoms with E-state index in [1.807, 2.05) is 4.90 Å². The summed E-state index contributed by atoms with van der Waals surface area (Å²) in [5.41, 5.74) is -0.571. The van der Waals surface area contributed by atoms with Crippen molar-refractivity contribution in [3.63, 3.8) is 0 Å². The van der Waals surface area contributed by atoms with Crippen LogP contribution >= 0.6 is 11.6 Å². The SMILES string of the molecule is Fc1cccc(Cl)c1CN1CCC(Nc2nccc(C(F)(F)F)n2)C1. The fraction of sp³-hybridized carbons (Fsp3) is 0.375. The van der Waals surface area contributed by atoms with Crippen LogP contribution in [0.2, 0.25) is 5.02 Å². The lowest BCUT2D eigenvalue weighted by atomic mass is 10.2. The van der Waals surface area contributed by atoms with E-state index >= 15 is 0 Å². The standard InChI is InChI=1S/C16H15ClF4N4/c17-12-2-1-3-13(18)11(12)9-25-7-5-10(8-25)23-15-22-6-4-14(24-15)16(19,20)21/h1-4,6,10H,5,7-9H2,(H,22,23,24). The zero-order valence-corrected chi connectivity index (χ0v) is 13.8. The lowest BCUT2D eigenvalue weighted by Crippen LogP contribution is -2.27. The molecule has 1 saturated heterocycles. The number of nitrogens with zero attached hydrogens (tertiary/aromatic N) is 3. The molecule has 9 heteroatoms. The molecule has 1 atom stereocenters. The Morgan fingerprint density at radius 2 is 2.08 bits per heavy atom. The molecule has 1 aromatic heterocycles. The molecule has 1 aromatic carbocycles. The number of alkyl halides is 3. The van der Waals surface area contributed by atoms with Gasteiger partial charge in [0.05, 0.1) is 0 Å². The predicted octanol–water partition coefficient (Wildman–Crippen LogP) is 3.97. The van der Waals surface area contributed by atoms with Crippen LogP contribution in [0.15, 0.2) is 30.5 Å². The monoisotopic (exact) mass is 374 g/mol. The van der Waals surface area contributed by atoms with Gasteiger partial charge in [0.25, 0.3) is 0 Å². The second kappa shape index (κ2) is 7.13. The summed E-state index contributed by atoms with van der Waals surface area (Å²) in [6.45, 7) is 1.54. The van der Waals surface area contributed by atoms with Crippen molar-refractivity contribution in [3.05, 3.63) is 52.6 Å². The topological polar surface area (TPSA) is 41.0 Å². The summed E-state index contributed by atoms with van der Waals surface area (Å²) in [7, 11) is 0. The van der Waals surface area contributed by atoms with Gasteiger partial charge in [-0.3, -0.25) is 4.90 Å². The number of hydrogen-bond acceptors (Lipinski definition) is 4. The van der Waals surface area contributed by atoms with Crippen molar-refractivity contribution in [2.45, 2.75) is 25.2 Å². The summed E-state index contributed by atoms with van der Waals surface area (Å²) >= 11 is 6.03. The van der Waals surface area contributed by atoms with Crippen LogP contribution in [0.4, 0.5) is 23.5 Å².